The number of H-pyrrole nitrogens is 1. The number of hydrogen-bond donors (Lipinski definition) is 2. The predicted molar refractivity (Wildman–Crippen MR) is 150 cm³/mol. The van der Waals surface area contributed by atoms with E-state index in [4.69, 9.17) is 21.1 Å². The van der Waals surface area contributed by atoms with E-state index in [0.717, 1.165) is 12.8 Å². The summed E-state index contributed by atoms with van der Waals surface area (Å²) in [6.45, 7) is 6.64. The van der Waals surface area contributed by atoms with Crippen molar-refractivity contribution >= 4 is 40.3 Å². The Labute approximate surface area is 231 Å². The highest BCUT2D eigenvalue weighted by molar-refractivity contribution is 6.35. The van der Waals surface area contributed by atoms with Crippen molar-refractivity contribution in [3.63, 3.8) is 0 Å². The number of ether oxygens (including phenoxy) is 2. The zero-order chi connectivity index (χ0) is 27.6. The second kappa shape index (κ2) is 10.9. The molecule has 1 aliphatic rings. The third-order valence-corrected chi connectivity index (χ3v) is 6.61. The fraction of sp³-hybridized carbons (Fsp3) is 0.310. The first-order valence-corrected chi connectivity index (χ1v) is 13.2. The minimum absolute atomic E-state index is 0.0692. The smallest absolute Gasteiger partial charge is 0.410 e. The van der Waals surface area contributed by atoms with Gasteiger partial charge in [-0.3, -0.25) is 4.79 Å². The topological polar surface area (TPSA) is 109 Å². The van der Waals surface area contributed by atoms with Crippen molar-refractivity contribution in [2.24, 2.45) is 0 Å². The number of rotatable bonds is 6. The molecule has 202 valence electrons. The van der Waals surface area contributed by atoms with Crippen LogP contribution in [0.3, 0.4) is 0 Å². The van der Waals surface area contributed by atoms with Gasteiger partial charge >= 0.3 is 6.09 Å². The van der Waals surface area contributed by atoms with Crippen LogP contribution in [-0.2, 0) is 4.74 Å². The van der Waals surface area contributed by atoms with Gasteiger partial charge in [-0.25, -0.2) is 14.8 Å². The summed E-state index contributed by atoms with van der Waals surface area (Å²) >= 11 is 6.54. The number of fused-ring (bicyclic) bond motifs is 1. The number of hydrogen-bond acceptors (Lipinski definition) is 7. The van der Waals surface area contributed by atoms with Gasteiger partial charge in [-0.15, -0.1) is 0 Å². The van der Waals surface area contributed by atoms with Crippen LogP contribution in [0.25, 0.3) is 11.0 Å². The summed E-state index contributed by atoms with van der Waals surface area (Å²) in [6.07, 6.45) is 4.37. The quantitative estimate of drug-likeness (QED) is 0.267. The Hall–Kier alpha value is -4.11. The maximum absolute atomic E-state index is 13.6. The SMILES string of the molecule is CC(C)(C)OC(=O)N1CCCC(Nc2ncnc3[nH]cc(C(=O)c4ccc(Oc5ccccc5)cc4Cl)c23)C1. The first kappa shape index (κ1) is 26.5. The normalized spacial score (nSPS) is 15.7. The van der Waals surface area contributed by atoms with E-state index in [1.54, 1.807) is 29.3 Å². The average Bonchev–Trinajstić information content (AvgIpc) is 3.34. The molecular formula is C29H30ClN5O4. The molecule has 39 heavy (non-hydrogen) atoms. The summed E-state index contributed by atoms with van der Waals surface area (Å²) < 4.78 is 11.4. The van der Waals surface area contributed by atoms with Crippen LogP contribution >= 0.6 is 11.6 Å². The second-order valence-corrected chi connectivity index (χ2v) is 10.9. The molecule has 1 saturated heterocycles. The Kier molecular flexibility index (Phi) is 7.43. The number of amides is 1. The van der Waals surface area contributed by atoms with Gasteiger partial charge in [-0.2, -0.15) is 0 Å². The molecule has 0 bridgehead atoms. The number of nitrogens with one attached hydrogen (secondary N) is 2. The summed E-state index contributed by atoms with van der Waals surface area (Å²) in [5, 5.41) is 4.27. The molecule has 9 nitrogen and oxygen atoms in total. The number of likely N-dealkylation sites (tertiary alicyclic amines) is 1. The molecule has 0 aliphatic carbocycles. The van der Waals surface area contributed by atoms with Crippen LogP contribution in [-0.4, -0.2) is 56.5 Å². The molecule has 3 heterocycles. The lowest BCUT2D eigenvalue weighted by atomic mass is 10.0. The highest BCUT2D eigenvalue weighted by atomic mass is 35.5. The number of benzene rings is 2. The molecule has 2 N–H and O–H groups in total. The van der Waals surface area contributed by atoms with Crippen LogP contribution in [0, 0.1) is 0 Å². The van der Waals surface area contributed by atoms with Gasteiger partial charge in [-0.05, 0) is 57.9 Å². The summed E-state index contributed by atoms with van der Waals surface area (Å²) in [5.74, 6) is 1.44. The molecule has 1 fully saturated rings. The molecular weight excluding hydrogens is 518 g/mol. The Morgan fingerprint density at radius 2 is 1.87 bits per heavy atom. The molecule has 2 aromatic heterocycles. The van der Waals surface area contributed by atoms with Gasteiger partial charge in [-0.1, -0.05) is 29.8 Å². The summed E-state index contributed by atoms with van der Waals surface area (Å²) in [7, 11) is 0. The number of para-hydroxylation sites is 1. The number of anilines is 1. The maximum Gasteiger partial charge on any atom is 0.410 e. The van der Waals surface area contributed by atoms with E-state index < -0.39 is 5.60 Å². The lowest BCUT2D eigenvalue weighted by Gasteiger charge is -2.34. The van der Waals surface area contributed by atoms with Gasteiger partial charge in [0.25, 0.3) is 0 Å². The number of carbonyl (C=O) groups excluding carboxylic acids is 2. The maximum atomic E-state index is 13.6. The largest absolute Gasteiger partial charge is 0.457 e. The molecule has 10 heteroatoms. The Bertz CT molecular complexity index is 1500. The molecule has 0 spiro atoms. The third kappa shape index (κ3) is 6.15. The van der Waals surface area contributed by atoms with Crippen molar-refractivity contribution in [1.82, 2.24) is 19.9 Å². The van der Waals surface area contributed by atoms with Crippen LogP contribution in [0.4, 0.5) is 10.6 Å². The van der Waals surface area contributed by atoms with Gasteiger partial charge in [0.2, 0.25) is 0 Å². The summed E-state index contributed by atoms with van der Waals surface area (Å²) in [5.41, 5.74) is 0.688. The number of piperidine rings is 1. The average molecular weight is 548 g/mol. The fourth-order valence-corrected chi connectivity index (χ4v) is 4.80. The predicted octanol–water partition coefficient (Wildman–Crippen LogP) is 6.45. The number of carbonyl (C=O) groups is 2. The minimum Gasteiger partial charge on any atom is -0.457 e. The molecule has 1 aliphatic heterocycles. The van der Waals surface area contributed by atoms with Gasteiger partial charge in [0.15, 0.2) is 5.78 Å². The first-order chi connectivity index (χ1) is 18.7. The Balaban J connectivity index is 1.37. The van der Waals surface area contributed by atoms with E-state index in [-0.39, 0.29) is 22.9 Å². The van der Waals surface area contributed by atoms with E-state index in [9.17, 15) is 9.59 Å². The van der Waals surface area contributed by atoms with Crippen LogP contribution in [0.2, 0.25) is 5.02 Å². The Morgan fingerprint density at radius 3 is 2.62 bits per heavy atom. The van der Waals surface area contributed by atoms with Crippen LogP contribution in [0.15, 0.2) is 61.1 Å². The van der Waals surface area contributed by atoms with Gasteiger partial charge in [0.05, 0.1) is 16.0 Å². The number of aromatic nitrogens is 3. The lowest BCUT2D eigenvalue weighted by molar-refractivity contribution is 0.0206. The van der Waals surface area contributed by atoms with Crippen molar-refractivity contribution in [3.05, 3.63) is 77.2 Å². The minimum atomic E-state index is -0.566. The van der Waals surface area contributed by atoms with Crippen LogP contribution in [0.5, 0.6) is 11.5 Å². The lowest BCUT2D eigenvalue weighted by Crippen LogP contribution is -2.47. The van der Waals surface area contributed by atoms with Crippen LogP contribution < -0.4 is 10.1 Å². The zero-order valence-electron chi connectivity index (χ0n) is 22.0. The zero-order valence-corrected chi connectivity index (χ0v) is 22.8. The van der Waals surface area contributed by atoms with Gasteiger partial charge < -0.3 is 24.7 Å². The number of aromatic amines is 1. The van der Waals surface area contributed by atoms with Crippen molar-refractivity contribution in [3.8, 4) is 11.5 Å². The fourth-order valence-electron chi connectivity index (χ4n) is 4.55. The third-order valence-electron chi connectivity index (χ3n) is 6.29. The Morgan fingerprint density at radius 1 is 1.08 bits per heavy atom. The second-order valence-electron chi connectivity index (χ2n) is 10.4. The standard InChI is InChI=1S/C29H30ClN5O4/c1-29(2,3)39-28(37)35-13-7-8-18(16-35)34-27-24-22(15-31-26(24)32-17-33-27)25(36)21-12-11-20(14-23(21)30)38-19-9-5-4-6-10-19/h4-6,9-12,14-15,17-18H,7-8,13,16H2,1-3H3,(H2,31,32,33,34). The van der Waals surface area contributed by atoms with E-state index in [1.807, 2.05) is 51.1 Å². The summed E-state index contributed by atoms with van der Waals surface area (Å²) in [4.78, 5) is 39.8. The van der Waals surface area contributed by atoms with Crippen molar-refractivity contribution in [1.29, 1.82) is 0 Å². The molecule has 1 amide bonds. The van der Waals surface area contributed by atoms with E-state index in [2.05, 4.69) is 20.3 Å². The highest BCUT2D eigenvalue weighted by Crippen LogP contribution is 2.32. The van der Waals surface area contributed by atoms with Crippen molar-refractivity contribution in [2.75, 3.05) is 18.4 Å². The highest BCUT2D eigenvalue weighted by Gasteiger charge is 2.29. The molecule has 2 aromatic carbocycles. The number of halogens is 1. The van der Waals surface area contributed by atoms with Gasteiger partial charge in [0, 0.05) is 37.0 Å². The monoisotopic (exact) mass is 547 g/mol. The van der Waals surface area contributed by atoms with Crippen molar-refractivity contribution in [2.45, 2.75) is 45.3 Å². The molecule has 1 unspecified atom stereocenters. The molecule has 0 saturated carbocycles. The van der Waals surface area contributed by atoms with Gasteiger partial charge in [0.1, 0.15) is 34.9 Å². The van der Waals surface area contributed by atoms with Crippen LogP contribution in [0.1, 0.15) is 49.5 Å². The van der Waals surface area contributed by atoms with E-state index >= 15 is 0 Å². The number of nitrogens with zero attached hydrogens (tertiary/aromatic N) is 3. The summed E-state index contributed by atoms with van der Waals surface area (Å²) in [6, 6.07) is 14.3. The molecule has 5 rings (SSSR count). The first-order valence-electron chi connectivity index (χ1n) is 12.8. The van der Waals surface area contributed by atoms with E-state index in [1.165, 1.54) is 6.33 Å². The number of ketones is 1. The molecule has 4 aromatic rings. The van der Waals surface area contributed by atoms with E-state index in [0.29, 0.717) is 52.6 Å². The molecule has 0 radical (unpaired) electrons. The molecule has 1 atom stereocenters. The van der Waals surface area contributed by atoms with Crippen molar-refractivity contribution < 1.29 is 19.1 Å².